The van der Waals surface area contributed by atoms with Crippen LogP contribution in [0, 0.1) is 0 Å². The molecule has 0 aliphatic carbocycles. The Morgan fingerprint density at radius 2 is 1.27 bits per heavy atom. The van der Waals surface area contributed by atoms with Crippen molar-refractivity contribution in [2.24, 2.45) is 5.73 Å². The molecule has 1 aliphatic heterocycles. The molecule has 0 unspecified atom stereocenters. The van der Waals surface area contributed by atoms with Crippen molar-refractivity contribution in [3.8, 4) is 51.7 Å². The van der Waals surface area contributed by atoms with Crippen molar-refractivity contribution < 1.29 is 50.4 Å². The first-order valence-corrected chi connectivity index (χ1v) is 9.49. The molecular weight excluding hydrogens is 438 g/mol. The average molecular weight is 459 g/mol. The Hall–Kier alpha value is -4.67. The number of phenolic OH excluding ortho intramolecular Hbond substituents is 8. The number of hydrogen-bond acceptors (Lipinski definition) is 10. The Morgan fingerprint density at radius 1 is 0.758 bits per heavy atom. The molecule has 0 spiro atoms. The second-order valence-electron chi connectivity index (χ2n) is 7.22. The first-order valence-electron chi connectivity index (χ1n) is 9.49. The van der Waals surface area contributed by atoms with E-state index < -0.39 is 46.5 Å². The van der Waals surface area contributed by atoms with Gasteiger partial charge in [-0.1, -0.05) is 0 Å². The van der Waals surface area contributed by atoms with Crippen LogP contribution in [0.1, 0.15) is 34.0 Å². The van der Waals surface area contributed by atoms with E-state index in [0.717, 1.165) is 12.1 Å². The lowest BCUT2D eigenvalue weighted by Crippen LogP contribution is -2.15. The highest BCUT2D eigenvalue weighted by atomic mass is 16.5. The molecule has 1 amide bonds. The second-order valence-corrected chi connectivity index (χ2v) is 7.22. The molecule has 33 heavy (non-hydrogen) atoms. The number of benzene rings is 3. The molecule has 0 bridgehead atoms. The summed E-state index contributed by atoms with van der Waals surface area (Å²) in [5.41, 5.74) is 5.90. The summed E-state index contributed by atoms with van der Waals surface area (Å²) in [6.45, 7) is 0. The van der Waals surface area contributed by atoms with Crippen molar-refractivity contribution >= 4 is 5.91 Å². The maximum atomic E-state index is 10.5. The third kappa shape index (κ3) is 4.82. The monoisotopic (exact) mass is 459 g/mol. The summed E-state index contributed by atoms with van der Waals surface area (Å²) in [5, 5.41) is 74.4. The fraction of sp³-hybridized carbons (Fsp3) is 0.136. The minimum Gasteiger partial charge on any atom is -0.508 e. The van der Waals surface area contributed by atoms with E-state index in [1.54, 1.807) is 0 Å². The van der Waals surface area contributed by atoms with Gasteiger partial charge in [-0.05, 0) is 42.7 Å². The molecule has 10 N–H and O–H groups in total. The molecule has 3 aromatic carbocycles. The van der Waals surface area contributed by atoms with Crippen molar-refractivity contribution in [3.05, 3.63) is 53.1 Å². The number of amides is 1. The fourth-order valence-electron chi connectivity index (χ4n) is 3.25. The number of rotatable bonds is 2. The molecule has 0 saturated heterocycles. The van der Waals surface area contributed by atoms with Crippen LogP contribution in [0.25, 0.3) is 0 Å². The zero-order chi connectivity index (χ0) is 24.4. The van der Waals surface area contributed by atoms with Crippen LogP contribution in [0.5, 0.6) is 51.7 Å². The van der Waals surface area contributed by atoms with E-state index in [4.69, 9.17) is 25.8 Å². The number of carbonyl (C=O) groups excluding carboxylic acids is 1. The number of carbonyl (C=O) groups is 1. The quantitative estimate of drug-likeness (QED) is 0.255. The normalized spacial score (nSPS) is 14.4. The SMILES string of the molecule is NC(=O)c1cc(O)c(O)c(O)c1.Oc1cc(O)c2c(c1)O[C@H](c1cc(O)c(O)c(O)c1)CC2. The highest BCUT2D eigenvalue weighted by Crippen LogP contribution is 2.44. The molecule has 0 aromatic heterocycles. The zero-order valence-corrected chi connectivity index (χ0v) is 16.9. The van der Waals surface area contributed by atoms with Crippen LogP contribution in [0.3, 0.4) is 0 Å². The largest absolute Gasteiger partial charge is 0.508 e. The van der Waals surface area contributed by atoms with Crippen molar-refractivity contribution in [1.29, 1.82) is 0 Å². The van der Waals surface area contributed by atoms with Gasteiger partial charge in [0.05, 0.1) is 0 Å². The van der Waals surface area contributed by atoms with E-state index in [1.165, 1.54) is 24.3 Å². The lowest BCUT2D eigenvalue weighted by Gasteiger charge is -2.27. The number of nitrogens with two attached hydrogens (primary N) is 1. The van der Waals surface area contributed by atoms with Gasteiger partial charge in [0.15, 0.2) is 34.5 Å². The Balaban J connectivity index is 0.000000218. The van der Waals surface area contributed by atoms with Crippen LogP contribution in [0.2, 0.25) is 0 Å². The third-order valence-electron chi connectivity index (χ3n) is 4.91. The van der Waals surface area contributed by atoms with Gasteiger partial charge in [0, 0.05) is 23.3 Å². The first-order chi connectivity index (χ1) is 15.5. The molecule has 11 nitrogen and oxygen atoms in total. The lowest BCUT2D eigenvalue weighted by molar-refractivity contribution is 0.0999. The maximum absolute atomic E-state index is 10.5. The lowest BCUT2D eigenvalue weighted by atomic mass is 9.96. The van der Waals surface area contributed by atoms with Crippen molar-refractivity contribution in [3.63, 3.8) is 0 Å². The van der Waals surface area contributed by atoms with Gasteiger partial charge in [-0.25, -0.2) is 0 Å². The Kier molecular flexibility index (Phi) is 6.15. The molecule has 1 heterocycles. The molecule has 174 valence electrons. The first kappa shape index (κ1) is 23.0. The average Bonchev–Trinajstić information content (AvgIpc) is 2.75. The third-order valence-corrected chi connectivity index (χ3v) is 4.91. The van der Waals surface area contributed by atoms with Gasteiger partial charge in [0.25, 0.3) is 0 Å². The summed E-state index contributed by atoms with van der Waals surface area (Å²) < 4.78 is 5.71. The molecular formula is C22H21NO10. The molecule has 11 heteroatoms. The van der Waals surface area contributed by atoms with E-state index in [1.807, 2.05) is 0 Å². The van der Waals surface area contributed by atoms with Gasteiger partial charge in [-0.2, -0.15) is 0 Å². The number of primary amides is 1. The molecule has 1 aliphatic rings. The van der Waals surface area contributed by atoms with Crippen LogP contribution in [-0.2, 0) is 6.42 Å². The molecule has 0 saturated carbocycles. The minimum atomic E-state index is -0.791. The number of aromatic hydroxyl groups is 8. The Labute approximate surface area is 186 Å². The van der Waals surface area contributed by atoms with Crippen molar-refractivity contribution in [2.45, 2.75) is 18.9 Å². The van der Waals surface area contributed by atoms with Gasteiger partial charge in [-0.15, -0.1) is 0 Å². The summed E-state index contributed by atoms with van der Waals surface area (Å²) in [6.07, 6.45) is 0.583. The van der Waals surface area contributed by atoms with Crippen LogP contribution < -0.4 is 10.5 Å². The van der Waals surface area contributed by atoms with Crippen LogP contribution in [0.15, 0.2) is 36.4 Å². The van der Waals surface area contributed by atoms with Crippen molar-refractivity contribution in [1.82, 2.24) is 0 Å². The summed E-state index contributed by atoms with van der Waals surface area (Å²) in [6, 6.07) is 7.22. The summed E-state index contributed by atoms with van der Waals surface area (Å²) in [7, 11) is 0. The minimum absolute atomic E-state index is 0.0279. The van der Waals surface area contributed by atoms with E-state index in [0.29, 0.717) is 29.7 Å². The summed E-state index contributed by atoms with van der Waals surface area (Å²) >= 11 is 0. The predicted octanol–water partition coefficient (Wildman–Crippen LogP) is 2.18. The number of phenols is 8. The van der Waals surface area contributed by atoms with Gasteiger partial charge in [0.1, 0.15) is 23.4 Å². The van der Waals surface area contributed by atoms with E-state index in [9.17, 15) is 30.3 Å². The Morgan fingerprint density at radius 3 is 1.79 bits per heavy atom. The maximum Gasteiger partial charge on any atom is 0.248 e. The molecule has 4 rings (SSSR count). The van der Waals surface area contributed by atoms with E-state index in [2.05, 4.69) is 0 Å². The van der Waals surface area contributed by atoms with Crippen molar-refractivity contribution in [2.75, 3.05) is 0 Å². The predicted molar refractivity (Wildman–Crippen MR) is 113 cm³/mol. The highest BCUT2D eigenvalue weighted by Gasteiger charge is 2.26. The molecule has 1 atom stereocenters. The van der Waals surface area contributed by atoms with Gasteiger partial charge >= 0.3 is 0 Å². The number of fused-ring (bicyclic) bond motifs is 1. The highest BCUT2D eigenvalue weighted by molar-refractivity contribution is 5.94. The van der Waals surface area contributed by atoms with Crippen LogP contribution in [0.4, 0.5) is 0 Å². The van der Waals surface area contributed by atoms with E-state index in [-0.39, 0.29) is 17.1 Å². The van der Waals surface area contributed by atoms with Crippen LogP contribution >= 0.6 is 0 Å². The van der Waals surface area contributed by atoms with Gasteiger partial charge in [-0.3, -0.25) is 4.79 Å². The zero-order valence-electron chi connectivity index (χ0n) is 16.9. The number of hydrogen-bond donors (Lipinski definition) is 9. The van der Waals surface area contributed by atoms with E-state index >= 15 is 0 Å². The number of ether oxygens (including phenoxy) is 1. The topological polar surface area (TPSA) is 214 Å². The van der Waals surface area contributed by atoms with Gasteiger partial charge in [0.2, 0.25) is 5.91 Å². The van der Waals surface area contributed by atoms with Gasteiger partial charge < -0.3 is 51.3 Å². The summed E-state index contributed by atoms with van der Waals surface area (Å²) in [5.74, 6) is -3.84. The van der Waals surface area contributed by atoms with Crippen LogP contribution in [-0.4, -0.2) is 46.8 Å². The standard InChI is InChI=1S/C15H14O6.C7H7NO4/c16-8-5-10(17)9-1-2-13(21-14(9)6-8)7-3-11(18)15(20)12(19)4-7;8-7(12)3-1-4(9)6(11)5(10)2-3/h3-6,13,16-20H,1-2H2;1-2,9-11H,(H2,8,12)/t13-;/m0./s1. The molecule has 3 aromatic rings. The smallest absolute Gasteiger partial charge is 0.248 e. The molecule has 0 fully saturated rings. The second kappa shape index (κ2) is 8.83. The Bertz CT molecular complexity index is 1180. The fourth-order valence-corrected chi connectivity index (χ4v) is 3.25. The summed E-state index contributed by atoms with van der Waals surface area (Å²) in [4.78, 5) is 10.5. The molecule has 0 radical (unpaired) electrons.